The van der Waals surface area contributed by atoms with Crippen LogP contribution in [-0.4, -0.2) is 40.2 Å². The summed E-state index contributed by atoms with van der Waals surface area (Å²) in [6.07, 6.45) is -2.16. The molecule has 38 heavy (non-hydrogen) atoms. The summed E-state index contributed by atoms with van der Waals surface area (Å²) in [5, 5.41) is 2.67. The van der Waals surface area contributed by atoms with Crippen LogP contribution in [0.4, 0.5) is 10.5 Å². The molecule has 0 radical (unpaired) electrons. The van der Waals surface area contributed by atoms with E-state index in [0.717, 1.165) is 18.2 Å². The Balaban J connectivity index is 1.82. The van der Waals surface area contributed by atoms with Crippen LogP contribution in [0, 0.1) is 5.41 Å². The van der Waals surface area contributed by atoms with E-state index in [1.54, 1.807) is 10.8 Å². The molecule has 1 unspecified atom stereocenters. The maximum Gasteiger partial charge on any atom is 0.420 e. The normalized spacial score (nSPS) is 12.4. The lowest BCUT2D eigenvalue weighted by atomic mass is 9.86. The molecule has 3 aromatic carbocycles. The molecule has 10 heteroatoms. The Kier molecular flexibility index (Phi) is 10.0. The van der Waals surface area contributed by atoms with Gasteiger partial charge in [-0.3, -0.25) is 4.79 Å². The Morgan fingerprint density at radius 2 is 1.39 bits per heavy atom. The number of hydrogen-bond acceptors (Lipinski definition) is 7. The largest absolute Gasteiger partial charge is 0.452 e. The molecular formula is C28H32N2O7S. The Labute approximate surface area is 223 Å². The van der Waals surface area contributed by atoms with E-state index in [4.69, 9.17) is 9.47 Å². The number of carbonyl (C=O) groups is 2. The quantitative estimate of drug-likeness (QED) is 0.347. The van der Waals surface area contributed by atoms with E-state index in [-0.39, 0.29) is 23.8 Å². The zero-order chi connectivity index (χ0) is 27.6. The Hall–Kier alpha value is -3.73. The van der Waals surface area contributed by atoms with Gasteiger partial charge in [-0.25, -0.2) is 17.9 Å². The fraction of sp³-hybridized carbons (Fsp3) is 0.286. The third-order valence-corrected chi connectivity index (χ3v) is 7.00. The minimum Gasteiger partial charge on any atom is -0.452 e. The van der Waals surface area contributed by atoms with Crippen molar-refractivity contribution < 1.29 is 32.2 Å². The molecule has 0 aliphatic carbocycles. The molecule has 0 bridgehead atoms. The maximum absolute atomic E-state index is 13.6. The fourth-order valence-electron chi connectivity index (χ4n) is 3.70. The number of nitrogens with one attached hydrogen (secondary N) is 2. The van der Waals surface area contributed by atoms with Gasteiger partial charge in [-0.1, -0.05) is 86.6 Å². The van der Waals surface area contributed by atoms with Crippen molar-refractivity contribution in [3.63, 3.8) is 0 Å². The number of sulfonamides is 1. The zero-order valence-electron chi connectivity index (χ0n) is 21.5. The summed E-state index contributed by atoms with van der Waals surface area (Å²) >= 11 is 0. The Morgan fingerprint density at radius 1 is 0.842 bits per heavy atom. The highest BCUT2D eigenvalue weighted by Gasteiger charge is 2.37. The summed E-state index contributed by atoms with van der Waals surface area (Å²) in [5.41, 5.74) is 1.05. The average molecular weight is 541 g/mol. The van der Waals surface area contributed by atoms with Gasteiger partial charge in [0.05, 0.1) is 32.6 Å². The van der Waals surface area contributed by atoms with E-state index in [1.165, 1.54) is 18.2 Å². The van der Waals surface area contributed by atoms with Gasteiger partial charge in [-0.05, 0) is 23.3 Å². The average Bonchev–Trinajstić information content (AvgIpc) is 2.89. The third kappa shape index (κ3) is 8.14. The van der Waals surface area contributed by atoms with Crippen molar-refractivity contribution in [2.45, 2.75) is 38.1 Å². The molecule has 9 nitrogen and oxygen atoms in total. The number of amides is 2. The van der Waals surface area contributed by atoms with E-state index >= 15 is 0 Å². The summed E-state index contributed by atoms with van der Waals surface area (Å²) in [6, 6.07) is 24.8. The monoisotopic (exact) mass is 540 g/mol. The second kappa shape index (κ2) is 13.2. The van der Waals surface area contributed by atoms with Crippen LogP contribution in [0.25, 0.3) is 0 Å². The van der Waals surface area contributed by atoms with E-state index in [0.29, 0.717) is 6.61 Å². The molecule has 0 heterocycles. The number of benzene rings is 3. The molecule has 0 fully saturated rings. The van der Waals surface area contributed by atoms with Crippen LogP contribution >= 0.6 is 0 Å². The molecule has 0 saturated heterocycles. The highest BCUT2D eigenvalue weighted by atomic mass is 32.2. The van der Waals surface area contributed by atoms with Crippen LogP contribution in [0.3, 0.4) is 0 Å². The van der Waals surface area contributed by atoms with Crippen LogP contribution in [-0.2, 0) is 42.2 Å². The van der Waals surface area contributed by atoms with Crippen molar-refractivity contribution >= 4 is 27.7 Å². The number of hydrogen-bond donors (Lipinski definition) is 2. The summed E-state index contributed by atoms with van der Waals surface area (Å²) in [6.45, 7) is 4.39. The van der Waals surface area contributed by atoms with Gasteiger partial charge >= 0.3 is 6.09 Å². The molecule has 0 aromatic heterocycles. The number of methoxy groups -OCH3 is 1. The van der Waals surface area contributed by atoms with Crippen molar-refractivity contribution in [3.8, 4) is 0 Å². The van der Waals surface area contributed by atoms with Crippen molar-refractivity contribution in [3.05, 3.63) is 96.1 Å². The van der Waals surface area contributed by atoms with Crippen molar-refractivity contribution in [2.24, 2.45) is 5.41 Å². The van der Waals surface area contributed by atoms with Crippen LogP contribution < -0.4 is 10.0 Å². The molecule has 1 atom stereocenters. The highest BCUT2D eigenvalue weighted by Crippen LogP contribution is 2.28. The summed E-state index contributed by atoms with van der Waals surface area (Å²) in [5.74, 6) is -0.560. The van der Waals surface area contributed by atoms with E-state index < -0.39 is 33.5 Å². The van der Waals surface area contributed by atoms with Gasteiger partial charge in [0.25, 0.3) is 15.9 Å². The van der Waals surface area contributed by atoms with Gasteiger partial charge in [0.15, 0.2) is 0 Å². The van der Waals surface area contributed by atoms with Gasteiger partial charge in [0, 0.05) is 5.41 Å². The molecule has 0 aliphatic rings. The topological polar surface area (TPSA) is 120 Å². The number of para-hydroxylation sites is 1. The van der Waals surface area contributed by atoms with Crippen molar-refractivity contribution in [2.75, 3.05) is 19.0 Å². The molecule has 0 saturated carbocycles. The predicted molar refractivity (Wildman–Crippen MR) is 143 cm³/mol. The highest BCUT2D eigenvalue weighted by molar-refractivity contribution is 7.90. The lowest BCUT2D eigenvalue weighted by Gasteiger charge is -2.33. The second-order valence-corrected chi connectivity index (χ2v) is 10.9. The molecule has 3 aromatic rings. The minimum absolute atomic E-state index is 0.0109. The first-order valence-electron chi connectivity index (χ1n) is 11.9. The maximum atomic E-state index is 13.6. The fourth-order valence-corrected chi connectivity index (χ4v) is 4.78. The molecule has 2 N–H and O–H groups in total. The first-order valence-corrected chi connectivity index (χ1v) is 13.4. The van der Waals surface area contributed by atoms with E-state index in [1.807, 2.05) is 74.5 Å². The molecule has 202 valence electrons. The summed E-state index contributed by atoms with van der Waals surface area (Å²) in [4.78, 5) is 24.8. The van der Waals surface area contributed by atoms with Gasteiger partial charge in [0.1, 0.15) is 11.0 Å². The number of carbonyl (C=O) groups excluding carboxylic acids is 2. The Bertz CT molecular complexity index is 1310. The zero-order valence-corrected chi connectivity index (χ0v) is 22.4. The van der Waals surface area contributed by atoms with Crippen LogP contribution in [0.2, 0.25) is 0 Å². The summed E-state index contributed by atoms with van der Waals surface area (Å²) < 4.78 is 43.7. The van der Waals surface area contributed by atoms with Gasteiger partial charge in [-0.2, -0.15) is 0 Å². The standard InChI is InChI=1S/C28H32N2O7S/c1-28(2,20-36-18-21-12-6-4-7-13-21)25(37-19-22-14-8-5-9-15-22)26(31)29-23-16-10-11-17-24(23)38(33,34)30-27(32)35-3/h4-17,25H,18-20H2,1-3H3,(H,29,31)(H,30,32). The number of anilines is 1. The predicted octanol–water partition coefficient (Wildman–Crippen LogP) is 4.50. The lowest BCUT2D eigenvalue weighted by molar-refractivity contribution is -0.141. The molecule has 0 aliphatic heterocycles. The van der Waals surface area contributed by atoms with Crippen LogP contribution in [0.15, 0.2) is 89.8 Å². The van der Waals surface area contributed by atoms with Crippen molar-refractivity contribution in [1.29, 1.82) is 0 Å². The first-order chi connectivity index (χ1) is 18.1. The SMILES string of the molecule is COC(=O)NS(=O)(=O)c1ccccc1NC(=O)C(OCc1ccccc1)C(C)(C)COCc1ccccc1. The van der Waals surface area contributed by atoms with Crippen molar-refractivity contribution in [1.82, 2.24) is 4.72 Å². The second-order valence-electron chi connectivity index (χ2n) is 9.23. The third-order valence-electron chi connectivity index (χ3n) is 5.63. The van der Waals surface area contributed by atoms with Gasteiger partial charge in [-0.15, -0.1) is 0 Å². The first kappa shape index (κ1) is 28.8. The van der Waals surface area contributed by atoms with E-state index in [9.17, 15) is 18.0 Å². The molecule has 2 amide bonds. The van der Waals surface area contributed by atoms with E-state index in [2.05, 4.69) is 10.1 Å². The lowest BCUT2D eigenvalue weighted by Crippen LogP contribution is -2.45. The Morgan fingerprint density at radius 3 is 2.00 bits per heavy atom. The molecule has 3 rings (SSSR count). The number of ether oxygens (including phenoxy) is 3. The van der Waals surface area contributed by atoms with Crippen LogP contribution in [0.1, 0.15) is 25.0 Å². The number of rotatable bonds is 12. The van der Waals surface area contributed by atoms with Gasteiger partial charge in [0.2, 0.25) is 0 Å². The smallest absolute Gasteiger partial charge is 0.420 e. The summed E-state index contributed by atoms with van der Waals surface area (Å²) in [7, 11) is -3.26. The van der Waals surface area contributed by atoms with Gasteiger partial charge < -0.3 is 19.5 Å². The minimum atomic E-state index is -4.31. The molecular weight excluding hydrogens is 508 g/mol. The van der Waals surface area contributed by atoms with Crippen LogP contribution in [0.5, 0.6) is 0 Å². The molecule has 0 spiro atoms.